The number of ketones is 1. The second-order valence-corrected chi connectivity index (χ2v) is 12.3. The summed E-state index contributed by atoms with van der Waals surface area (Å²) in [7, 11) is 0. The van der Waals surface area contributed by atoms with Crippen molar-refractivity contribution in [2.45, 2.75) is 52.4 Å². The van der Waals surface area contributed by atoms with Crippen LogP contribution in [-0.2, 0) is 11.8 Å². The maximum Gasteiger partial charge on any atom is 0.324 e. The largest absolute Gasteiger partial charge is 0.324 e. The molecule has 218 valence electrons. The summed E-state index contributed by atoms with van der Waals surface area (Å²) in [6.45, 7) is 10.6. The van der Waals surface area contributed by atoms with E-state index in [-0.39, 0.29) is 17.2 Å². The lowest BCUT2D eigenvalue weighted by atomic mass is 9.90. The third-order valence-electron chi connectivity index (χ3n) is 7.77. The van der Waals surface area contributed by atoms with Crippen molar-refractivity contribution in [3.8, 4) is 5.69 Å². The van der Waals surface area contributed by atoms with Gasteiger partial charge in [0.1, 0.15) is 5.82 Å². The molecule has 4 aromatic rings. The Balaban J connectivity index is 1.17. The molecule has 1 aliphatic heterocycles. The molecule has 0 radical (unpaired) electrons. The maximum absolute atomic E-state index is 13.1. The third-order valence-corrected chi connectivity index (χ3v) is 7.77. The van der Waals surface area contributed by atoms with Crippen LogP contribution in [0.25, 0.3) is 5.69 Å². The molecule has 2 N–H and O–H groups in total. The third kappa shape index (κ3) is 7.50. The van der Waals surface area contributed by atoms with E-state index in [2.05, 4.69) is 53.4 Å². The zero-order valence-electron chi connectivity index (χ0n) is 24.9. The van der Waals surface area contributed by atoms with E-state index in [4.69, 9.17) is 5.10 Å². The van der Waals surface area contributed by atoms with E-state index in [1.165, 1.54) is 5.56 Å². The summed E-state index contributed by atoms with van der Waals surface area (Å²) in [5.74, 6) is 1.28. The number of likely N-dealkylation sites (tertiary alicyclic amines) is 1. The maximum atomic E-state index is 13.1. The van der Waals surface area contributed by atoms with Crippen LogP contribution in [0.3, 0.4) is 0 Å². The number of carbonyl (C=O) groups excluding carboxylic acids is 2. The standard InChI is InChI=1S/C34H40N6O2/c1-24-10-12-29(13-11-24)40-32(21-31(38-40)34(2,3)4)37-33(42)36-28-9-5-7-26(20-28)19-25-14-17-39(18-15-25)23-30(41)27-8-6-16-35-22-27/h5-13,16,20-22,25H,14-15,17-19,23H2,1-4H3,(H2,36,37,42). The van der Waals surface area contributed by atoms with Crippen molar-refractivity contribution in [1.29, 1.82) is 0 Å². The molecule has 1 aliphatic rings. The van der Waals surface area contributed by atoms with Crippen LogP contribution in [0.4, 0.5) is 16.3 Å². The minimum absolute atomic E-state index is 0.121. The van der Waals surface area contributed by atoms with E-state index in [0.717, 1.165) is 55.0 Å². The number of nitrogens with zero attached hydrogens (tertiary/aromatic N) is 4. The van der Waals surface area contributed by atoms with Crippen LogP contribution >= 0.6 is 0 Å². The van der Waals surface area contributed by atoms with Crippen molar-refractivity contribution >= 4 is 23.3 Å². The summed E-state index contributed by atoms with van der Waals surface area (Å²) in [6, 6.07) is 21.4. The highest BCUT2D eigenvalue weighted by Crippen LogP contribution is 2.27. The highest BCUT2D eigenvalue weighted by molar-refractivity contribution is 5.99. The van der Waals surface area contributed by atoms with Gasteiger partial charge in [-0.1, -0.05) is 50.6 Å². The van der Waals surface area contributed by atoms with Crippen LogP contribution in [0.5, 0.6) is 0 Å². The number of pyridine rings is 1. The van der Waals surface area contributed by atoms with Gasteiger partial charge in [0.15, 0.2) is 5.78 Å². The Kier molecular flexibility index (Phi) is 8.83. The number of rotatable bonds is 8. The van der Waals surface area contributed by atoms with Crippen molar-refractivity contribution in [2.24, 2.45) is 5.92 Å². The van der Waals surface area contributed by atoms with Gasteiger partial charge >= 0.3 is 6.03 Å². The van der Waals surface area contributed by atoms with Crippen LogP contribution < -0.4 is 10.6 Å². The summed E-state index contributed by atoms with van der Waals surface area (Å²) < 4.78 is 1.78. The number of amides is 2. The van der Waals surface area contributed by atoms with Crippen LogP contribution in [-0.4, -0.2) is 51.1 Å². The molecule has 0 atom stereocenters. The molecule has 8 nitrogen and oxygen atoms in total. The molecule has 8 heteroatoms. The predicted octanol–water partition coefficient (Wildman–Crippen LogP) is 6.65. The fourth-order valence-corrected chi connectivity index (χ4v) is 5.28. The fraction of sp³-hybridized carbons (Fsp3) is 0.353. The Hall–Kier alpha value is -4.30. The fourth-order valence-electron chi connectivity index (χ4n) is 5.28. The first-order chi connectivity index (χ1) is 20.1. The molecule has 0 unspecified atom stereocenters. The van der Waals surface area contributed by atoms with Crippen molar-refractivity contribution < 1.29 is 9.59 Å². The lowest BCUT2D eigenvalue weighted by Gasteiger charge is -2.31. The summed E-state index contributed by atoms with van der Waals surface area (Å²) in [6.07, 6.45) is 6.34. The van der Waals surface area contributed by atoms with Gasteiger partial charge in [0.05, 0.1) is 17.9 Å². The Labute approximate surface area is 248 Å². The number of nitrogens with one attached hydrogen (secondary N) is 2. The molecule has 2 amide bonds. The van der Waals surface area contributed by atoms with Gasteiger partial charge in [-0.2, -0.15) is 5.10 Å². The van der Waals surface area contributed by atoms with E-state index in [0.29, 0.717) is 23.8 Å². The number of carbonyl (C=O) groups is 2. The molecule has 0 saturated carbocycles. The first-order valence-electron chi connectivity index (χ1n) is 14.6. The molecule has 0 spiro atoms. The lowest BCUT2D eigenvalue weighted by Crippen LogP contribution is -2.37. The Morgan fingerprint density at radius 1 is 0.952 bits per heavy atom. The number of aryl methyl sites for hydroxylation is 1. The van der Waals surface area contributed by atoms with E-state index in [9.17, 15) is 9.59 Å². The molecule has 3 heterocycles. The SMILES string of the molecule is Cc1ccc(-n2nc(C(C)(C)C)cc2NC(=O)Nc2cccc(CC3CCN(CC(=O)c4cccnc4)CC3)c2)cc1. The van der Waals surface area contributed by atoms with Crippen molar-refractivity contribution in [3.05, 3.63) is 102 Å². The zero-order chi connectivity index (χ0) is 29.7. The van der Waals surface area contributed by atoms with Crippen molar-refractivity contribution in [3.63, 3.8) is 0 Å². The summed E-state index contributed by atoms with van der Waals surface area (Å²) >= 11 is 0. The normalized spacial score (nSPS) is 14.5. The molecule has 2 aromatic heterocycles. The molecule has 42 heavy (non-hydrogen) atoms. The second-order valence-electron chi connectivity index (χ2n) is 12.3. The molecule has 5 rings (SSSR count). The highest BCUT2D eigenvalue weighted by atomic mass is 16.2. The van der Waals surface area contributed by atoms with E-state index < -0.39 is 0 Å². The number of piperidine rings is 1. The van der Waals surface area contributed by atoms with Crippen LogP contribution in [0.15, 0.2) is 79.1 Å². The van der Waals surface area contributed by atoms with Gasteiger partial charge in [-0.15, -0.1) is 0 Å². The summed E-state index contributed by atoms with van der Waals surface area (Å²) in [5, 5.41) is 10.8. The van der Waals surface area contributed by atoms with Crippen LogP contribution in [0.2, 0.25) is 0 Å². The number of hydrogen-bond acceptors (Lipinski definition) is 5. The minimum atomic E-state index is -0.313. The number of benzene rings is 2. The molecular weight excluding hydrogens is 524 g/mol. The van der Waals surface area contributed by atoms with E-state index in [1.54, 1.807) is 23.1 Å². The molecule has 1 fully saturated rings. The highest BCUT2D eigenvalue weighted by Gasteiger charge is 2.23. The quantitative estimate of drug-likeness (QED) is 0.234. The van der Waals surface area contributed by atoms with E-state index >= 15 is 0 Å². The number of hydrogen-bond donors (Lipinski definition) is 2. The first kappa shape index (κ1) is 29.2. The molecule has 1 saturated heterocycles. The van der Waals surface area contributed by atoms with Crippen LogP contribution in [0, 0.1) is 12.8 Å². The molecular formula is C34H40N6O2. The van der Waals surface area contributed by atoms with Gasteiger partial charge in [-0.3, -0.25) is 20.0 Å². The van der Waals surface area contributed by atoms with Gasteiger partial charge in [0.25, 0.3) is 0 Å². The van der Waals surface area contributed by atoms with Crippen molar-refractivity contribution in [1.82, 2.24) is 19.7 Å². The first-order valence-corrected chi connectivity index (χ1v) is 14.6. The van der Waals surface area contributed by atoms with Gasteiger partial charge in [-0.25, -0.2) is 9.48 Å². The van der Waals surface area contributed by atoms with Crippen molar-refractivity contribution in [2.75, 3.05) is 30.3 Å². The van der Waals surface area contributed by atoms with Crippen LogP contribution in [0.1, 0.15) is 60.8 Å². The smallest absolute Gasteiger partial charge is 0.308 e. The Bertz CT molecular complexity index is 1510. The summed E-state index contributed by atoms with van der Waals surface area (Å²) in [5.41, 5.74) is 5.40. The molecule has 0 bridgehead atoms. The van der Waals surface area contributed by atoms with Gasteiger partial charge in [0.2, 0.25) is 0 Å². The number of anilines is 2. The summed E-state index contributed by atoms with van der Waals surface area (Å²) in [4.78, 5) is 31.9. The number of aromatic nitrogens is 3. The molecule has 0 aliphatic carbocycles. The minimum Gasteiger partial charge on any atom is -0.308 e. The Morgan fingerprint density at radius 2 is 1.71 bits per heavy atom. The molecule has 2 aromatic carbocycles. The number of Topliss-reactive ketones (excluding diaryl/α,β-unsaturated/α-hetero) is 1. The zero-order valence-corrected chi connectivity index (χ0v) is 24.9. The average Bonchev–Trinajstić information content (AvgIpc) is 3.39. The lowest BCUT2D eigenvalue weighted by molar-refractivity contribution is 0.0895. The predicted molar refractivity (Wildman–Crippen MR) is 168 cm³/mol. The van der Waals surface area contributed by atoms with E-state index in [1.807, 2.05) is 55.5 Å². The Morgan fingerprint density at radius 3 is 2.40 bits per heavy atom. The van der Waals surface area contributed by atoms with Gasteiger partial charge in [0, 0.05) is 35.1 Å². The second kappa shape index (κ2) is 12.7. The topological polar surface area (TPSA) is 92.2 Å². The average molecular weight is 565 g/mol. The number of urea groups is 1. The monoisotopic (exact) mass is 564 g/mol. The van der Waals surface area contributed by atoms with Gasteiger partial charge in [-0.05, 0) is 87.2 Å². The van der Waals surface area contributed by atoms with Gasteiger partial charge < -0.3 is 5.32 Å².